The molecule has 5 nitrogen and oxygen atoms in total. The predicted molar refractivity (Wildman–Crippen MR) is 106 cm³/mol. The maximum atomic E-state index is 14.1. The second kappa shape index (κ2) is 9.80. The van der Waals surface area contributed by atoms with Gasteiger partial charge in [0, 0.05) is 21.8 Å². The van der Waals surface area contributed by atoms with E-state index >= 15 is 0 Å². The minimum atomic E-state index is -4.58. The minimum Gasteiger partial charge on any atom is -0.376 e. The van der Waals surface area contributed by atoms with Gasteiger partial charge in [-0.05, 0) is 43.7 Å². The van der Waals surface area contributed by atoms with E-state index in [0.717, 1.165) is 11.6 Å². The monoisotopic (exact) mass is 445 g/mol. The highest BCUT2D eigenvalue weighted by molar-refractivity contribution is 6.30. The van der Waals surface area contributed by atoms with Crippen LogP contribution in [0.1, 0.15) is 34.5 Å². The summed E-state index contributed by atoms with van der Waals surface area (Å²) in [5.74, 6) is -2.26. The fourth-order valence-corrected chi connectivity index (χ4v) is 2.70. The molecule has 0 aliphatic rings. The Kier molecular flexibility index (Phi) is 7.66. The number of hydrogen-bond acceptors (Lipinski definition) is 3. The summed E-state index contributed by atoms with van der Waals surface area (Å²) in [5.41, 5.74) is 0.792. The van der Waals surface area contributed by atoms with Gasteiger partial charge >= 0.3 is 6.18 Å². The lowest BCUT2D eigenvalue weighted by atomic mass is 10.1. The van der Waals surface area contributed by atoms with Crippen molar-refractivity contribution in [1.29, 1.82) is 0 Å². The fourth-order valence-electron chi connectivity index (χ4n) is 2.58. The summed E-state index contributed by atoms with van der Waals surface area (Å²) in [6.45, 7) is 1.43. The van der Waals surface area contributed by atoms with Gasteiger partial charge in [-0.2, -0.15) is 13.2 Å². The number of amides is 2. The maximum Gasteiger partial charge on any atom is 0.405 e. The Morgan fingerprint density at radius 1 is 1.13 bits per heavy atom. The number of alkyl halides is 3. The highest BCUT2D eigenvalue weighted by Crippen LogP contribution is 2.21. The SMILES string of the molecule is Cc1c(F)cc(C(=O)NCC(F)(F)F)cc1NCC(=O)NC(C)c1ccc(Cl)cc1. The third-order valence-corrected chi connectivity index (χ3v) is 4.49. The fraction of sp³-hybridized carbons (Fsp3) is 0.300. The lowest BCUT2D eigenvalue weighted by molar-refractivity contribution is -0.123. The summed E-state index contributed by atoms with van der Waals surface area (Å²) in [7, 11) is 0. The predicted octanol–water partition coefficient (Wildman–Crippen LogP) is 4.37. The third kappa shape index (κ3) is 6.91. The molecular weight excluding hydrogens is 426 g/mol. The average Bonchev–Trinajstić information content (AvgIpc) is 2.67. The molecule has 0 aliphatic heterocycles. The van der Waals surface area contributed by atoms with Gasteiger partial charge < -0.3 is 16.0 Å². The molecule has 0 aliphatic carbocycles. The summed E-state index contributed by atoms with van der Waals surface area (Å²) in [6.07, 6.45) is -4.58. The number of carbonyl (C=O) groups is 2. The van der Waals surface area contributed by atoms with E-state index in [1.807, 2.05) is 0 Å². The standard InChI is InChI=1S/C20H20ClF4N3O2/c1-11-16(22)7-14(19(30)27-10-20(23,24)25)8-17(11)26-9-18(29)28-12(2)13-3-5-15(21)6-4-13/h3-8,12,26H,9-10H2,1-2H3,(H,27,30)(H,28,29). The Morgan fingerprint density at radius 3 is 2.37 bits per heavy atom. The Balaban J connectivity index is 2.01. The molecule has 1 unspecified atom stereocenters. The molecule has 1 atom stereocenters. The summed E-state index contributed by atoms with van der Waals surface area (Å²) < 4.78 is 50.9. The molecule has 0 saturated heterocycles. The molecule has 0 bridgehead atoms. The van der Waals surface area contributed by atoms with Crippen LogP contribution in [0.2, 0.25) is 5.02 Å². The van der Waals surface area contributed by atoms with E-state index in [1.165, 1.54) is 13.0 Å². The third-order valence-electron chi connectivity index (χ3n) is 4.24. The second-order valence-electron chi connectivity index (χ2n) is 6.62. The number of halogens is 5. The molecule has 0 spiro atoms. The molecule has 3 N–H and O–H groups in total. The zero-order chi connectivity index (χ0) is 22.5. The van der Waals surface area contributed by atoms with Crippen LogP contribution in [-0.4, -0.2) is 31.1 Å². The number of hydrogen-bond donors (Lipinski definition) is 3. The van der Waals surface area contributed by atoms with Crippen molar-refractivity contribution >= 4 is 29.1 Å². The Morgan fingerprint density at radius 2 is 1.77 bits per heavy atom. The van der Waals surface area contributed by atoms with Crippen molar-refractivity contribution < 1.29 is 27.2 Å². The maximum absolute atomic E-state index is 14.1. The summed E-state index contributed by atoms with van der Waals surface area (Å²) in [6, 6.07) is 8.65. The van der Waals surface area contributed by atoms with Gasteiger partial charge in [0.1, 0.15) is 12.4 Å². The van der Waals surface area contributed by atoms with E-state index in [-0.39, 0.29) is 29.4 Å². The number of benzene rings is 2. The van der Waals surface area contributed by atoms with Crippen molar-refractivity contribution in [1.82, 2.24) is 10.6 Å². The zero-order valence-electron chi connectivity index (χ0n) is 16.2. The summed E-state index contributed by atoms with van der Waals surface area (Å²) >= 11 is 5.83. The van der Waals surface area contributed by atoms with E-state index in [4.69, 9.17) is 11.6 Å². The van der Waals surface area contributed by atoms with Crippen molar-refractivity contribution in [3.8, 4) is 0 Å². The number of anilines is 1. The first kappa shape index (κ1) is 23.5. The van der Waals surface area contributed by atoms with Crippen molar-refractivity contribution in [3.05, 3.63) is 63.9 Å². The van der Waals surface area contributed by atoms with Crippen LogP contribution in [-0.2, 0) is 4.79 Å². The lowest BCUT2D eigenvalue weighted by Crippen LogP contribution is -2.34. The van der Waals surface area contributed by atoms with Gasteiger partial charge in [0.2, 0.25) is 5.91 Å². The first-order chi connectivity index (χ1) is 14.0. The van der Waals surface area contributed by atoms with Gasteiger partial charge in [0.25, 0.3) is 5.91 Å². The highest BCUT2D eigenvalue weighted by atomic mass is 35.5. The van der Waals surface area contributed by atoms with Gasteiger partial charge in [0.05, 0.1) is 12.6 Å². The zero-order valence-corrected chi connectivity index (χ0v) is 16.9. The molecule has 2 aromatic rings. The average molecular weight is 446 g/mol. The normalized spacial score (nSPS) is 12.2. The molecule has 0 radical (unpaired) electrons. The Labute approximate surface area is 175 Å². The van der Waals surface area contributed by atoms with Crippen LogP contribution in [0.3, 0.4) is 0 Å². The van der Waals surface area contributed by atoms with Gasteiger partial charge in [-0.25, -0.2) is 4.39 Å². The van der Waals surface area contributed by atoms with Gasteiger partial charge in [-0.15, -0.1) is 0 Å². The Bertz CT molecular complexity index is 918. The van der Waals surface area contributed by atoms with E-state index in [1.54, 1.807) is 36.5 Å². The molecule has 0 heterocycles. The highest BCUT2D eigenvalue weighted by Gasteiger charge is 2.28. The minimum absolute atomic E-state index is 0.126. The molecule has 162 valence electrons. The lowest BCUT2D eigenvalue weighted by Gasteiger charge is -2.16. The second-order valence-corrected chi connectivity index (χ2v) is 7.06. The topological polar surface area (TPSA) is 70.2 Å². The number of carbonyl (C=O) groups excluding carboxylic acids is 2. The first-order valence-electron chi connectivity index (χ1n) is 8.90. The van der Waals surface area contributed by atoms with Crippen LogP contribution in [0.25, 0.3) is 0 Å². The van der Waals surface area contributed by atoms with Crippen LogP contribution in [0, 0.1) is 12.7 Å². The molecule has 10 heteroatoms. The molecule has 0 aromatic heterocycles. The Hall–Kier alpha value is -2.81. The molecule has 0 saturated carbocycles. The summed E-state index contributed by atoms with van der Waals surface area (Å²) in [4.78, 5) is 24.1. The van der Waals surface area contributed by atoms with E-state index in [9.17, 15) is 27.2 Å². The van der Waals surface area contributed by atoms with E-state index in [2.05, 4.69) is 10.6 Å². The first-order valence-corrected chi connectivity index (χ1v) is 9.28. The molecular formula is C20H20ClF4N3O2. The largest absolute Gasteiger partial charge is 0.405 e. The molecule has 2 rings (SSSR count). The van der Waals surface area contributed by atoms with Gasteiger partial charge in [0.15, 0.2) is 0 Å². The molecule has 0 fully saturated rings. The molecule has 2 amide bonds. The van der Waals surface area contributed by atoms with Crippen molar-refractivity contribution in [2.24, 2.45) is 0 Å². The van der Waals surface area contributed by atoms with E-state index in [0.29, 0.717) is 5.02 Å². The van der Waals surface area contributed by atoms with Crippen LogP contribution in [0.4, 0.5) is 23.2 Å². The molecule has 30 heavy (non-hydrogen) atoms. The van der Waals surface area contributed by atoms with Crippen molar-refractivity contribution in [2.45, 2.75) is 26.1 Å². The van der Waals surface area contributed by atoms with Crippen LogP contribution in [0.15, 0.2) is 36.4 Å². The van der Waals surface area contributed by atoms with Crippen LogP contribution >= 0.6 is 11.6 Å². The number of rotatable bonds is 7. The van der Waals surface area contributed by atoms with Crippen molar-refractivity contribution in [2.75, 3.05) is 18.4 Å². The summed E-state index contributed by atoms with van der Waals surface area (Å²) in [5, 5.41) is 7.71. The van der Waals surface area contributed by atoms with Gasteiger partial charge in [-0.1, -0.05) is 23.7 Å². The quantitative estimate of drug-likeness (QED) is 0.554. The van der Waals surface area contributed by atoms with Crippen molar-refractivity contribution in [3.63, 3.8) is 0 Å². The van der Waals surface area contributed by atoms with Crippen LogP contribution < -0.4 is 16.0 Å². The van der Waals surface area contributed by atoms with Gasteiger partial charge in [-0.3, -0.25) is 9.59 Å². The molecule has 2 aromatic carbocycles. The van der Waals surface area contributed by atoms with E-state index < -0.39 is 30.4 Å². The smallest absolute Gasteiger partial charge is 0.376 e. The number of nitrogens with one attached hydrogen (secondary N) is 3. The van der Waals surface area contributed by atoms with Crippen LogP contribution in [0.5, 0.6) is 0 Å².